The molecule has 1 aliphatic heterocycles. The van der Waals surface area contributed by atoms with Crippen LogP contribution in [0.2, 0.25) is 0 Å². The molecule has 0 atom stereocenters. The summed E-state index contributed by atoms with van der Waals surface area (Å²) in [4.78, 5) is 27.6. The molecule has 2 aromatic rings. The summed E-state index contributed by atoms with van der Waals surface area (Å²) < 4.78 is 0. The van der Waals surface area contributed by atoms with Gasteiger partial charge in [0.15, 0.2) is 0 Å². The Hall–Kier alpha value is -2.14. The lowest BCUT2D eigenvalue weighted by atomic mass is 10.00. The van der Waals surface area contributed by atoms with Crippen molar-refractivity contribution in [3.63, 3.8) is 0 Å². The fourth-order valence-electron chi connectivity index (χ4n) is 3.01. The van der Waals surface area contributed by atoms with E-state index in [1.807, 2.05) is 34.5 Å². The first-order valence-electron chi connectivity index (χ1n) is 7.97. The third kappa shape index (κ3) is 3.01. The summed E-state index contributed by atoms with van der Waals surface area (Å²) in [6, 6.07) is 10.1. The van der Waals surface area contributed by atoms with E-state index in [4.69, 9.17) is 0 Å². The van der Waals surface area contributed by atoms with Crippen LogP contribution in [0.4, 0.5) is 5.69 Å². The smallest absolute Gasteiger partial charge is 0.254 e. The van der Waals surface area contributed by atoms with Crippen molar-refractivity contribution in [3.8, 4) is 0 Å². The number of nitrogens with one attached hydrogen (secondary N) is 1. The van der Waals surface area contributed by atoms with Gasteiger partial charge in [0.1, 0.15) is 0 Å². The minimum Gasteiger partial charge on any atom is -0.331 e. The largest absolute Gasteiger partial charge is 0.331 e. The van der Waals surface area contributed by atoms with Crippen molar-refractivity contribution in [1.82, 2.24) is 4.90 Å². The summed E-state index contributed by atoms with van der Waals surface area (Å²) in [6.45, 7) is 0.689. The minimum absolute atomic E-state index is 0.0499. The molecule has 1 N–H and O–H groups in total. The molecule has 23 heavy (non-hydrogen) atoms. The molecule has 5 heteroatoms. The normalized spacial score (nSPS) is 16.6. The second-order valence-electron chi connectivity index (χ2n) is 6.16. The van der Waals surface area contributed by atoms with Crippen molar-refractivity contribution in [2.75, 3.05) is 5.32 Å². The molecule has 4 nitrogen and oxygen atoms in total. The number of hydrogen-bond donors (Lipinski definition) is 1. The van der Waals surface area contributed by atoms with Crippen molar-refractivity contribution >= 4 is 28.8 Å². The van der Waals surface area contributed by atoms with Gasteiger partial charge in [0.25, 0.3) is 5.91 Å². The number of thiophene rings is 1. The third-order valence-corrected chi connectivity index (χ3v) is 5.26. The summed E-state index contributed by atoms with van der Waals surface area (Å²) in [5, 5.41) is 4.91. The monoisotopic (exact) mass is 326 g/mol. The molecule has 2 aliphatic rings. The van der Waals surface area contributed by atoms with Crippen LogP contribution in [0.5, 0.6) is 0 Å². The number of hydrogen-bond acceptors (Lipinski definition) is 3. The van der Waals surface area contributed by atoms with Gasteiger partial charge in [0, 0.05) is 28.6 Å². The Balaban J connectivity index is 1.58. The molecular weight excluding hydrogens is 308 g/mol. The van der Waals surface area contributed by atoms with Crippen LogP contribution >= 0.6 is 11.3 Å². The predicted octanol–water partition coefficient (Wildman–Crippen LogP) is 3.44. The molecule has 4 rings (SSSR count). The highest BCUT2D eigenvalue weighted by molar-refractivity contribution is 7.09. The first-order chi connectivity index (χ1) is 11.2. The van der Waals surface area contributed by atoms with Crippen LogP contribution in [0.3, 0.4) is 0 Å². The molecule has 2 amide bonds. The Morgan fingerprint density at radius 1 is 1.26 bits per heavy atom. The van der Waals surface area contributed by atoms with Crippen molar-refractivity contribution in [1.29, 1.82) is 0 Å². The maximum atomic E-state index is 12.9. The van der Waals surface area contributed by atoms with Crippen LogP contribution in [-0.2, 0) is 17.8 Å². The molecule has 118 valence electrons. The second-order valence-corrected chi connectivity index (χ2v) is 7.20. The van der Waals surface area contributed by atoms with Gasteiger partial charge >= 0.3 is 0 Å². The number of amides is 2. The Bertz CT molecular complexity index is 750. The molecule has 1 aliphatic carbocycles. The van der Waals surface area contributed by atoms with Gasteiger partial charge in [0.05, 0.1) is 6.54 Å². The van der Waals surface area contributed by atoms with Gasteiger partial charge in [-0.2, -0.15) is 0 Å². The van der Waals surface area contributed by atoms with E-state index in [-0.39, 0.29) is 11.8 Å². The maximum absolute atomic E-state index is 12.9. The summed E-state index contributed by atoms with van der Waals surface area (Å²) in [6.07, 6.45) is 3.39. The number of benzene rings is 1. The molecule has 2 heterocycles. The van der Waals surface area contributed by atoms with Crippen LogP contribution < -0.4 is 5.32 Å². The Kier molecular flexibility index (Phi) is 3.65. The average Bonchev–Trinajstić information content (AvgIpc) is 3.27. The van der Waals surface area contributed by atoms with E-state index in [1.54, 1.807) is 11.3 Å². The van der Waals surface area contributed by atoms with Crippen LogP contribution in [0.1, 0.15) is 40.1 Å². The van der Waals surface area contributed by atoms with Crippen LogP contribution in [0.15, 0.2) is 35.7 Å². The lowest BCUT2D eigenvalue weighted by molar-refractivity contribution is -0.116. The number of nitrogens with zero attached hydrogens (tertiary/aromatic N) is 1. The Morgan fingerprint density at radius 3 is 2.87 bits per heavy atom. The summed E-state index contributed by atoms with van der Waals surface area (Å²) >= 11 is 1.69. The number of anilines is 1. The lowest BCUT2D eigenvalue weighted by Crippen LogP contribution is -2.32. The molecule has 1 saturated carbocycles. The average molecular weight is 326 g/mol. The van der Waals surface area contributed by atoms with Gasteiger partial charge in [-0.05, 0) is 54.5 Å². The molecule has 0 radical (unpaired) electrons. The van der Waals surface area contributed by atoms with Gasteiger partial charge in [-0.1, -0.05) is 6.07 Å². The fraction of sp³-hybridized carbons (Fsp3) is 0.333. The van der Waals surface area contributed by atoms with Crippen molar-refractivity contribution in [2.45, 2.75) is 38.3 Å². The van der Waals surface area contributed by atoms with Gasteiger partial charge in [-0.15, -0.1) is 11.3 Å². The highest BCUT2D eigenvalue weighted by atomic mass is 32.1. The van der Waals surface area contributed by atoms with Crippen molar-refractivity contribution < 1.29 is 9.59 Å². The third-order valence-electron chi connectivity index (χ3n) is 4.40. The summed E-state index contributed by atoms with van der Waals surface area (Å²) in [5.41, 5.74) is 2.62. The maximum Gasteiger partial charge on any atom is 0.254 e. The van der Waals surface area contributed by atoms with Crippen LogP contribution in [-0.4, -0.2) is 22.8 Å². The molecular formula is C18H18N2O2S. The van der Waals surface area contributed by atoms with Gasteiger partial charge in [0.2, 0.25) is 5.91 Å². The number of aryl methyl sites for hydroxylation is 1. The Labute approximate surface area is 139 Å². The second kappa shape index (κ2) is 5.81. The van der Waals surface area contributed by atoms with Gasteiger partial charge in [-0.25, -0.2) is 0 Å². The zero-order valence-corrected chi connectivity index (χ0v) is 13.6. The van der Waals surface area contributed by atoms with E-state index in [2.05, 4.69) is 11.4 Å². The van der Waals surface area contributed by atoms with E-state index in [0.717, 1.165) is 29.7 Å². The highest BCUT2D eigenvalue weighted by Crippen LogP contribution is 2.31. The summed E-state index contributed by atoms with van der Waals surface area (Å²) in [7, 11) is 0. The standard InChI is InChI=1S/C18H18N2O2S/c21-17-8-4-12-10-13(3-7-16(12)19-17)18(22)20(14-5-6-14)11-15-2-1-9-23-15/h1-3,7,9-10,14H,4-6,8,11H2,(H,19,21). The van der Waals surface area contributed by atoms with Crippen LogP contribution in [0.25, 0.3) is 0 Å². The number of rotatable bonds is 4. The van der Waals surface area contributed by atoms with Gasteiger partial charge < -0.3 is 10.2 Å². The Morgan fingerprint density at radius 2 is 2.13 bits per heavy atom. The molecule has 0 bridgehead atoms. The van der Waals surface area contributed by atoms with E-state index in [9.17, 15) is 9.59 Å². The number of carbonyl (C=O) groups excluding carboxylic acids is 2. The number of fused-ring (bicyclic) bond motifs is 1. The minimum atomic E-state index is 0.0499. The van der Waals surface area contributed by atoms with E-state index in [1.165, 1.54) is 4.88 Å². The van der Waals surface area contributed by atoms with Crippen molar-refractivity contribution in [2.24, 2.45) is 0 Å². The molecule has 1 aromatic heterocycles. The fourth-order valence-corrected chi connectivity index (χ4v) is 3.71. The topological polar surface area (TPSA) is 49.4 Å². The van der Waals surface area contributed by atoms with E-state index in [0.29, 0.717) is 25.4 Å². The molecule has 0 spiro atoms. The van der Waals surface area contributed by atoms with Crippen molar-refractivity contribution in [3.05, 3.63) is 51.7 Å². The molecule has 1 fully saturated rings. The highest BCUT2D eigenvalue weighted by Gasteiger charge is 2.33. The SMILES string of the molecule is O=C1CCc2cc(C(=O)N(Cc3cccs3)C3CC3)ccc2N1. The number of carbonyl (C=O) groups is 2. The zero-order chi connectivity index (χ0) is 15.8. The lowest BCUT2D eigenvalue weighted by Gasteiger charge is -2.23. The predicted molar refractivity (Wildman–Crippen MR) is 90.6 cm³/mol. The van der Waals surface area contributed by atoms with E-state index >= 15 is 0 Å². The summed E-state index contributed by atoms with van der Waals surface area (Å²) in [5.74, 6) is 0.148. The van der Waals surface area contributed by atoms with Crippen LogP contribution in [0, 0.1) is 0 Å². The quantitative estimate of drug-likeness (QED) is 0.936. The van der Waals surface area contributed by atoms with Gasteiger partial charge in [-0.3, -0.25) is 9.59 Å². The van der Waals surface area contributed by atoms with E-state index < -0.39 is 0 Å². The molecule has 1 aromatic carbocycles. The zero-order valence-electron chi connectivity index (χ0n) is 12.7. The first-order valence-corrected chi connectivity index (χ1v) is 8.85. The first kappa shape index (κ1) is 14.5. The molecule has 0 unspecified atom stereocenters. The molecule has 0 saturated heterocycles.